The third-order valence-electron chi connectivity index (χ3n) is 2.45. The molecule has 12 heavy (non-hydrogen) atoms. The second-order valence-corrected chi connectivity index (χ2v) is 3.36. The van der Waals surface area contributed by atoms with Gasteiger partial charge in [-0.3, -0.25) is 0 Å². The lowest BCUT2D eigenvalue weighted by Gasteiger charge is -2.24. The van der Waals surface area contributed by atoms with Crippen molar-refractivity contribution in [3.63, 3.8) is 0 Å². The fourth-order valence-corrected chi connectivity index (χ4v) is 1.39. The second-order valence-electron chi connectivity index (χ2n) is 3.36. The van der Waals surface area contributed by atoms with E-state index in [4.69, 9.17) is 0 Å². The molecule has 1 fully saturated rings. The Morgan fingerprint density at radius 3 is 2.67 bits per heavy atom. The first kappa shape index (κ1) is 7.81. The summed E-state index contributed by atoms with van der Waals surface area (Å²) in [7, 11) is 0. The molecule has 0 saturated carbocycles. The van der Waals surface area contributed by atoms with Crippen LogP contribution >= 0.6 is 0 Å². The van der Waals surface area contributed by atoms with Crippen molar-refractivity contribution < 1.29 is 4.39 Å². The molecule has 1 saturated heterocycles. The summed E-state index contributed by atoms with van der Waals surface area (Å²) in [5, 5.41) is 3.17. The molecule has 1 aromatic rings. The quantitative estimate of drug-likeness (QED) is 0.595. The number of nitrogens with one attached hydrogen (secondary N) is 1. The van der Waals surface area contributed by atoms with Crippen LogP contribution in [0.15, 0.2) is 18.2 Å². The Balaban J connectivity index is 2.27. The van der Waals surface area contributed by atoms with E-state index in [2.05, 4.69) is 5.32 Å². The van der Waals surface area contributed by atoms with Crippen molar-refractivity contribution in [2.45, 2.75) is 6.92 Å². The van der Waals surface area contributed by atoms with Crippen LogP contribution in [0.4, 0.5) is 4.39 Å². The van der Waals surface area contributed by atoms with Crippen molar-refractivity contribution in [3.8, 4) is 0 Å². The normalized spacial score (nSPS) is 16.0. The van der Waals surface area contributed by atoms with E-state index >= 15 is 0 Å². The molecule has 1 nitrogen and oxygen atoms in total. The number of aryl methyl sites for hydroxylation is 1. The SMILES string of the molecule is Cc1ccc(B2CNC2)cc1F. The third kappa shape index (κ3) is 1.25. The topological polar surface area (TPSA) is 12.0 Å². The van der Waals surface area contributed by atoms with Gasteiger partial charge in [0.05, 0.1) is 0 Å². The Labute approximate surface area is 72.1 Å². The van der Waals surface area contributed by atoms with Gasteiger partial charge in [0.25, 0.3) is 0 Å². The minimum Gasteiger partial charge on any atom is -0.330 e. The number of halogens is 1. The van der Waals surface area contributed by atoms with Gasteiger partial charge in [0.1, 0.15) is 5.82 Å². The summed E-state index contributed by atoms with van der Waals surface area (Å²) < 4.78 is 13.1. The maximum absolute atomic E-state index is 13.1. The highest BCUT2D eigenvalue weighted by Crippen LogP contribution is 2.04. The van der Waals surface area contributed by atoms with Crippen LogP contribution in [0, 0.1) is 12.7 Å². The highest BCUT2D eigenvalue weighted by atomic mass is 19.1. The van der Waals surface area contributed by atoms with Gasteiger partial charge in [0, 0.05) is 0 Å². The molecule has 0 spiro atoms. The van der Waals surface area contributed by atoms with Crippen molar-refractivity contribution in [1.29, 1.82) is 0 Å². The summed E-state index contributed by atoms with van der Waals surface area (Å²) in [6.45, 7) is 2.32. The number of rotatable bonds is 1. The van der Waals surface area contributed by atoms with Crippen molar-refractivity contribution in [2.24, 2.45) is 0 Å². The van der Waals surface area contributed by atoms with Crippen LogP contribution in [0.3, 0.4) is 0 Å². The van der Waals surface area contributed by atoms with Gasteiger partial charge in [-0.25, -0.2) is 4.39 Å². The molecule has 0 unspecified atom stereocenters. The smallest absolute Gasteiger partial charge is 0.205 e. The van der Waals surface area contributed by atoms with Gasteiger partial charge in [-0.2, -0.15) is 0 Å². The maximum Gasteiger partial charge on any atom is 0.205 e. The first-order valence-corrected chi connectivity index (χ1v) is 4.24. The van der Waals surface area contributed by atoms with Crippen LogP contribution in [0.5, 0.6) is 0 Å². The molecular formula is C9H11BFN. The molecule has 1 aliphatic rings. The molecule has 0 radical (unpaired) electrons. The van der Waals surface area contributed by atoms with Gasteiger partial charge in [-0.1, -0.05) is 17.6 Å². The maximum atomic E-state index is 13.1. The van der Waals surface area contributed by atoms with Crippen LogP contribution in [-0.2, 0) is 0 Å². The number of hydrogen-bond acceptors (Lipinski definition) is 1. The van der Waals surface area contributed by atoms with E-state index in [1.807, 2.05) is 12.1 Å². The lowest BCUT2D eigenvalue weighted by atomic mass is 9.40. The monoisotopic (exact) mass is 163 g/mol. The predicted octanol–water partition coefficient (Wildman–Crippen LogP) is 0.518. The molecule has 1 heterocycles. The summed E-state index contributed by atoms with van der Waals surface area (Å²) in [5.74, 6) is -0.0839. The minimum absolute atomic E-state index is 0.0839. The average Bonchev–Trinajstić information content (AvgIpc) is 1.93. The van der Waals surface area contributed by atoms with Crippen molar-refractivity contribution >= 4 is 12.2 Å². The molecule has 1 aliphatic heterocycles. The van der Waals surface area contributed by atoms with E-state index in [-0.39, 0.29) is 5.82 Å². The molecule has 1 N–H and O–H groups in total. The molecular weight excluding hydrogens is 152 g/mol. The van der Waals surface area contributed by atoms with Crippen LogP contribution in [0.1, 0.15) is 5.56 Å². The van der Waals surface area contributed by atoms with Crippen molar-refractivity contribution in [1.82, 2.24) is 5.32 Å². The Kier molecular flexibility index (Phi) is 1.89. The molecule has 3 heteroatoms. The lowest BCUT2D eigenvalue weighted by molar-refractivity contribution is 0.619. The summed E-state index contributed by atoms with van der Waals surface area (Å²) in [6, 6.07) is 5.52. The van der Waals surface area contributed by atoms with Crippen LogP contribution in [0.25, 0.3) is 0 Å². The minimum atomic E-state index is -0.0839. The van der Waals surface area contributed by atoms with E-state index < -0.39 is 0 Å². The van der Waals surface area contributed by atoms with E-state index in [1.165, 1.54) is 0 Å². The standard InChI is InChI=1S/C9H11BFN/c1-7-2-3-8(4-9(7)11)10-5-12-6-10/h2-4,12H,5-6H2,1H3. The largest absolute Gasteiger partial charge is 0.330 e. The van der Waals surface area contributed by atoms with Crippen LogP contribution in [-0.4, -0.2) is 19.6 Å². The Morgan fingerprint density at radius 1 is 1.42 bits per heavy atom. The number of hydrogen-bond donors (Lipinski definition) is 1. The molecule has 0 atom stereocenters. The summed E-state index contributed by atoms with van der Waals surface area (Å²) in [4.78, 5) is 0. The molecule has 0 bridgehead atoms. The van der Waals surface area contributed by atoms with E-state index in [0.717, 1.165) is 23.9 Å². The zero-order chi connectivity index (χ0) is 8.55. The highest BCUT2D eigenvalue weighted by Gasteiger charge is 2.23. The molecule has 0 aromatic heterocycles. The molecule has 62 valence electrons. The first-order chi connectivity index (χ1) is 5.77. The van der Waals surface area contributed by atoms with Gasteiger partial charge >= 0.3 is 0 Å². The molecule has 0 amide bonds. The van der Waals surface area contributed by atoms with Gasteiger partial charge in [-0.15, -0.1) is 0 Å². The van der Waals surface area contributed by atoms with E-state index in [1.54, 1.807) is 13.0 Å². The van der Waals surface area contributed by atoms with Crippen molar-refractivity contribution in [3.05, 3.63) is 29.6 Å². The van der Waals surface area contributed by atoms with E-state index in [0.29, 0.717) is 6.71 Å². The summed E-state index contributed by atoms with van der Waals surface area (Å²) in [5.41, 5.74) is 1.85. The van der Waals surface area contributed by atoms with Gasteiger partial charge in [0.2, 0.25) is 6.71 Å². The Hall–Kier alpha value is -0.825. The average molecular weight is 163 g/mol. The highest BCUT2D eigenvalue weighted by molar-refractivity contribution is 6.75. The first-order valence-electron chi connectivity index (χ1n) is 4.24. The fourth-order valence-electron chi connectivity index (χ4n) is 1.39. The van der Waals surface area contributed by atoms with Crippen molar-refractivity contribution in [2.75, 3.05) is 12.9 Å². The van der Waals surface area contributed by atoms with Crippen LogP contribution < -0.4 is 10.8 Å². The number of benzene rings is 1. The van der Waals surface area contributed by atoms with E-state index in [9.17, 15) is 4.39 Å². The molecule has 1 aromatic carbocycles. The van der Waals surface area contributed by atoms with Gasteiger partial charge < -0.3 is 5.32 Å². The summed E-state index contributed by atoms with van der Waals surface area (Å²) in [6.07, 6.45) is 1.98. The summed E-state index contributed by atoms with van der Waals surface area (Å²) >= 11 is 0. The zero-order valence-electron chi connectivity index (χ0n) is 7.10. The third-order valence-corrected chi connectivity index (χ3v) is 2.45. The van der Waals surface area contributed by atoms with Crippen LogP contribution in [0.2, 0.25) is 0 Å². The molecule has 2 rings (SSSR count). The Morgan fingerprint density at radius 2 is 2.17 bits per heavy atom. The van der Waals surface area contributed by atoms with Gasteiger partial charge in [0.15, 0.2) is 0 Å². The predicted molar refractivity (Wildman–Crippen MR) is 49.4 cm³/mol. The lowest BCUT2D eigenvalue weighted by Crippen LogP contribution is -2.58. The zero-order valence-corrected chi connectivity index (χ0v) is 7.10. The molecule has 0 aliphatic carbocycles. The van der Waals surface area contributed by atoms with Gasteiger partial charge in [-0.05, 0) is 31.4 Å². The second kappa shape index (κ2) is 2.90. The Bertz CT molecular complexity index is 297. The fraction of sp³-hybridized carbons (Fsp3) is 0.333.